The van der Waals surface area contributed by atoms with Crippen LogP contribution in [-0.4, -0.2) is 17.5 Å². The Morgan fingerprint density at radius 1 is 1.10 bits per heavy atom. The zero-order valence-corrected chi connectivity index (χ0v) is 19.2. The third-order valence-corrected chi connectivity index (χ3v) is 6.05. The van der Waals surface area contributed by atoms with E-state index in [1.807, 2.05) is 37.4 Å². The highest BCUT2D eigenvalue weighted by atomic mass is 35.5. The molecule has 0 radical (unpaired) electrons. The third-order valence-electron chi connectivity index (χ3n) is 5.07. The molecular weight excluding hydrogens is 416 g/mol. The van der Waals surface area contributed by atoms with Crippen molar-refractivity contribution < 1.29 is 9.47 Å². The Labute approximate surface area is 187 Å². The molecule has 0 spiro atoms. The number of alkyl halides is 1. The lowest BCUT2D eigenvalue weighted by atomic mass is 9.77. The van der Waals surface area contributed by atoms with Gasteiger partial charge in [-0.1, -0.05) is 32.0 Å². The molecule has 0 aliphatic heterocycles. The van der Waals surface area contributed by atoms with Crippen molar-refractivity contribution in [3.05, 3.63) is 74.7 Å². The molecule has 2 aromatic carbocycles. The second-order valence-electron chi connectivity index (χ2n) is 7.61. The summed E-state index contributed by atoms with van der Waals surface area (Å²) in [6.45, 7) is 9.08. The number of thiazole rings is 1. The lowest BCUT2D eigenvalue weighted by Gasteiger charge is -2.27. The van der Waals surface area contributed by atoms with Crippen LogP contribution in [0.2, 0.25) is 0 Å². The number of hydrogen-bond donors (Lipinski definition) is 0. The summed E-state index contributed by atoms with van der Waals surface area (Å²) in [4.78, 5) is 4.42. The number of ether oxygens (including phenoxy) is 2. The molecule has 0 bridgehead atoms. The van der Waals surface area contributed by atoms with E-state index in [4.69, 9.17) is 21.1 Å². The normalized spacial score (nSPS) is 11.2. The van der Waals surface area contributed by atoms with Gasteiger partial charge >= 0.3 is 0 Å². The van der Waals surface area contributed by atoms with Crippen LogP contribution < -0.4 is 9.47 Å². The van der Waals surface area contributed by atoms with Gasteiger partial charge in [0.15, 0.2) is 0 Å². The van der Waals surface area contributed by atoms with Crippen LogP contribution in [0.1, 0.15) is 46.8 Å². The fourth-order valence-corrected chi connectivity index (χ4v) is 3.99. The summed E-state index contributed by atoms with van der Waals surface area (Å²) in [5, 5.41) is 12.7. The Hall–Kier alpha value is -2.55. The molecular formula is C24H25ClN2O2S. The van der Waals surface area contributed by atoms with E-state index >= 15 is 0 Å². The number of rotatable bonds is 8. The van der Waals surface area contributed by atoms with Gasteiger partial charge in [-0.25, -0.2) is 4.98 Å². The van der Waals surface area contributed by atoms with E-state index in [0.29, 0.717) is 30.4 Å². The van der Waals surface area contributed by atoms with Crippen LogP contribution >= 0.6 is 22.9 Å². The maximum absolute atomic E-state index is 9.61. The van der Waals surface area contributed by atoms with Crippen molar-refractivity contribution in [3.8, 4) is 17.6 Å². The molecule has 1 heterocycles. The average Bonchev–Trinajstić information content (AvgIpc) is 3.16. The summed E-state index contributed by atoms with van der Waals surface area (Å²) < 4.78 is 11.5. The van der Waals surface area contributed by atoms with Crippen molar-refractivity contribution in [2.24, 2.45) is 0 Å². The number of halogens is 1. The molecule has 1 aromatic heterocycles. The van der Waals surface area contributed by atoms with Crippen molar-refractivity contribution in [2.75, 3.05) is 12.5 Å². The summed E-state index contributed by atoms with van der Waals surface area (Å²) in [6.07, 6.45) is 0. The molecule has 0 saturated carbocycles. The Morgan fingerprint density at radius 2 is 1.83 bits per heavy atom. The van der Waals surface area contributed by atoms with Crippen molar-refractivity contribution in [3.63, 3.8) is 0 Å². The summed E-state index contributed by atoms with van der Waals surface area (Å²) in [5.41, 5.74) is 4.31. The fraction of sp³-hybridized carbons (Fsp3) is 0.333. The highest BCUT2D eigenvalue weighted by molar-refractivity contribution is 7.09. The number of nitriles is 1. The Bertz CT molecular complexity index is 1050. The molecule has 0 aliphatic rings. The first-order valence-electron chi connectivity index (χ1n) is 9.73. The highest BCUT2D eigenvalue weighted by Gasteiger charge is 2.25. The fourth-order valence-electron chi connectivity index (χ4n) is 3.32. The molecule has 0 aliphatic carbocycles. The topological polar surface area (TPSA) is 55.1 Å². The van der Waals surface area contributed by atoms with Gasteiger partial charge in [-0.3, -0.25) is 0 Å². The molecule has 0 unspecified atom stereocenters. The molecule has 3 rings (SSSR count). The Kier molecular flexibility index (Phi) is 7.02. The minimum atomic E-state index is -0.286. The van der Waals surface area contributed by atoms with Crippen LogP contribution in [0.3, 0.4) is 0 Å². The van der Waals surface area contributed by atoms with E-state index in [9.17, 15) is 5.26 Å². The zero-order valence-electron chi connectivity index (χ0n) is 17.7. The van der Waals surface area contributed by atoms with Gasteiger partial charge in [0.05, 0.1) is 22.1 Å². The first-order chi connectivity index (χ1) is 14.3. The molecule has 156 valence electrons. The van der Waals surface area contributed by atoms with Crippen LogP contribution in [0, 0.1) is 25.2 Å². The second-order valence-corrected chi connectivity index (χ2v) is 9.06. The predicted octanol–water partition coefficient (Wildman–Crippen LogP) is 6.15. The molecule has 4 nitrogen and oxygen atoms in total. The molecule has 3 aromatic rings. The third kappa shape index (κ3) is 4.95. The number of benzene rings is 2. The van der Waals surface area contributed by atoms with Crippen molar-refractivity contribution in [1.82, 2.24) is 4.98 Å². The Morgan fingerprint density at radius 3 is 2.43 bits per heavy atom. The smallest absolute Gasteiger partial charge is 0.140 e. The maximum Gasteiger partial charge on any atom is 0.140 e. The monoisotopic (exact) mass is 440 g/mol. The molecule has 0 atom stereocenters. The molecule has 0 N–H and O–H groups in total. The largest absolute Gasteiger partial charge is 0.491 e. The number of aromatic nitrogens is 1. The van der Waals surface area contributed by atoms with Gasteiger partial charge in [-0.15, -0.1) is 22.9 Å². The van der Waals surface area contributed by atoms with E-state index in [1.165, 1.54) is 0 Å². The average molecular weight is 441 g/mol. The van der Waals surface area contributed by atoms with E-state index < -0.39 is 0 Å². The van der Waals surface area contributed by atoms with E-state index in [0.717, 1.165) is 33.1 Å². The number of hydrogen-bond acceptors (Lipinski definition) is 5. The van der Waals surface area contributed by atoms with Crippen LogP contribution in [0.25, 0.3) is 0 Å². The van der Waals surface area contributed by atoms with Gasteiger partial charge in [0.2, 0.25) is 0 Å². The lowest BCUT2D eigenvalue weighted by Crippen LogP contribution is -2.19. The molecule has 6 heteroatoms. The van der Waals surface area contributed by atoms with E-state index in [2.05, 4.69) is 43.1 Å². The summed E-state index contributed by atoms with van der Waals surface area (Å²) in [6, 6.07) is 14.3. The quantitative estimate of drug-likeness (QED) is 0.394. The predicted molar refractivity (Wildman–Crippen MR) is 122 cm³/mol. The standard InChI is InChI=1S/C24H25ClN2O2S/c1-16-11-20(12-18(13-26)23(16)28-10-9-25)24(3,4)19-5-7-22(8-6-19)29-14-21-15-30-17(2)27-21/h5-8,11-12,15H,9-10,14H2,1-4H3. The van der Waals surface area contributed by atoms with Gasteiger partial charge in [0.1, 0.15) is 30.8 Å². The van der Waals surface area contributed by atoms with Gasteiger partial charge in [0.25, 0.3) is 0 Å². The minimum absolute atomic E-state index is 0.286. The van der Waals surface area contributed by atoms with Crippen molar-refractivity contribution >= 4 is 22.9 Å². The van der Waals surface area contributed by atoms with Gasteiger partial charge in [0, 0.05) is 10.8 Å². The Balaban J connectivity index is 1.80. The SMILES string of the molecule is Cc1nc(COc2ccc(C(C)(C)c3cc(C)c(OCCCl)c(C#N)c3)cc2)cs1. The highest BCUT2D eigenvalue weighted by Crippen LogP contribution is 2.36. The second kappa shape index (κ2) is 9.51. The van der Waals surface area contributed by atoms with E-state index in [1.54, 1.807) is 11.3 Å². The zero-order chi connectivity index (χ0) is 21.7. The van der Waals surface area contributed by atoms with Gasteiger partial charge in [-0.2, -0.15) is 5.26 Å². The minimum Gasteiger partial charge on any atom is -0.491 e. The van der Waals surface area contributed by atoms with Crippen LogP contribution in [0.4, 0.5) is 0 Å². The molecule has 30 heavy (non-hydrogen) atoms. The van der Waals surface area contributed by atoms with Gasteiger partial charge < -0.3 is 9.47 Å². The maximum atomic E-state index is 9.61. The lowest BCUT2D eigenvalue weighted by molar-refractivity contribution is 0.302. The van der Waals surface area contributed by atoms with Crippen molar-refractivity contribution in [2.45, 2.75) is 39.7 Å². The number of nitrogens with zero attached hydrogens (tertiary/aromatic N) is 2. The van der Waals surface area contributed by atoms with Crippen LogP contribution in [-0.2, 0) is 12.0 Å². The van der Waals surface area contributed by atoms with Crippen LogP contribution in [0.5, 0.6) is 11.5 Å². The number of aryl methyl sites for hydroxylation is 2. The first kappa shape index (κ1) is 22.1. The van der Waals surface area contributed by atoms with Gasteiger partial charge in [-0.05, 0) is 48.7 Å². The summed E-state index contributed by atoms with van der Waals surface area (Å²) >= 11 is 7.36. The molecule has 0 amide bonds. The molecule has 0 fully saturated rings. The van der Waals surface area contributed by atoms with E-state index in [-0.39, 0.29) is 5.41 Å². The van der Waals surface area contributed by atoms with Crippen LogP contribution in [0.15, 0.2) is 41.8 Å². The summed E-state index contributed by atoms with van der Waals surface area (Å²) in [7, 11) is 0. The molecule has 0 saturated heterocycles. The first-order valence-corrected chi connectivity index (χ1v) is 11.1. The van der Waals surface area contributed by atoms with Crippen molar-refractivity contribution in [1.29, 1.82) is 5.26 Å². The summed E-state index contributed by atoms with van der Waals surface area (Å²) in [5.74, 6) is 1.80.